The Hall–Kier alpha value is -0.410. The quantitative estimate of drug-likeness (QED) is 0.790. The highest BCUT2D eigenvalue weighted by molar-refractivity contribution is 9.10. The second-order valence-corrected chi connectivity index (χ2v) is 4.52. The number of rotatable bonds is 2. The standard InChI is InChI=1S/C11H12BrFO/c1-14-8-5-7(6-8)9-3-2-4-10(12)11(9)13/h2-4,7-8H,5-6H2,1H3/t7-,8-. The van der Waals surface area contributed by atoms with Crippen molar-refractivity contribution in [2.45, 2.75) is 24.9 Å². The fraction of sp³-hybridized carbons (Fsp3) is 0.455. The fourth-order valence-electron chi connectivity index (χ4n) is 1.85. The molecular weight excluding hydrogens is 247 g/mol. The molecule has 0 atom stereocenters. The van der Waals surface area contributed by atoms with Crippen molar-refractivity contribution < 1.29 is 9.13 Å². The van der Waals surface area contributed by atoms with E-state index in [1.165, 1.54) is 0 Å². The van der Waals surface area contributed by atoms with Gasteiger partial charge in [-0.25, -0.2) is 4.39 Å². The van der Waals surface area contributed by atoms with Crippen molar-refractivity contribution in [3.63, 3.8) is 0 Å². The van der Waals surface area contributed by atoms with E-state index in [9.17, 15) is 4.39 Å². The first-order chi connectivity index (χ1) is 6.72. The lowest BCUT2D eigenvalue weighted by atomic mass is 9.77. The minimum absolute atomic E-state index is 0.118. The third-order valence-electron chi connectivity index (χ3n) is 2.85. The van der Waals surface area contributed by atoms with Crippen molar-refractivity contribution in [1.82, 2.24) is 0 Å². The van der Waals surface area contributed by atoms with Crippen LogP contribution in [0.3, 0.4) is 0 Å². The summed E-state index contributed by atoms with van der Waals surface area (Å²) >= 11 is 3.19. The molecule has 14 heavy (non-hydrogen) atoms. The SMILES string of the molecule is CO[C@H]1C[C@H](c2cccc(Br)c2F)C1. The van der Waals surface area contributed by atoms with E-state index in [1.807, 2.05) is 12.1 Å². The molecule has 1 nitrogen and oxygen atoms in total. The highest BCUT2D eigenvalue weighted by Gasteiger charge is 2.32. The van der Waals surface area contributed by atoms with Crippen LogP contribution in [0.25, 0.3) is 0 Å². The molecular formula is C11H12BrFO. The minimum Gasteiger partial charge on any atom is -0.381 e. The average Bonchev–Trinajstić information content (AvgIpc) is 2.10. The summed E-state index contributed by atoms with van der Waals surface area (Å²) in [4.78, 5) is 0. The van der Waals surface area contributed by atoms with E-state index in [0.717, 1.165) is 18.4 Å². The number of methoxy groups -OCH3 is 1. The first-order valence-corrected chi connectivity index (χ1v) is 5.48. The monoisotopic (exact) mass is 258 g/mol. The van der Waals surface area contributed by atoms with Crippen molar-refractivity contribution in [3.8, 4) is 0 Å². The molecule has 0 amide bonds. The normalized spacial score (nSPS) is 25.9. The smallest absolute Gasteiger partial charge is 0.140 e. The van der Waals surface area contributed by atoms with Gasteiger partial charge < -0.3 is 4.74 Å². The molecule has 0 aliphatic heterocycles. The van der Waals surface area contributed by atoms with Gasteiger partial charge in [-0.15, -0.1) is 0 Å². The van der Waals surface area contributed by atoms with E-state index < -0.39 is 0 Å². The Labute approximate surface area is 91.4 Å². The van der Waals surface area contributed by atoms with E-state index in [4.69, 9.17) is 4.74 Å². The Bertz CT molecular complexity index is 334. The van der Waals surface area contributed by atoms with Gasteiger partial charge in [0.2, 0.25) is 0 Å². The maximum Gasteiger partial charge on any atom is 0.140 e. The summed E-state index contributed by atoms with van der Waals surface area (Å²) in [6.45, 7) is 0. The largest absolute Gasteiger partial charge is 0.381 e. The van der Waals surface area contributed by atoms with Crippen molar-refractivity contribution in [2.24, 2.45) is 0 Å². The molecule has 2 rings (SSSR count). The van der Waals surface area contributed by atoms with Gasteiger partial charge >= 0.3 is 0 Å². The molecule has 1 fully saturated rings. The van der Waals surface area contributed by atoms with Crippen LogP contribution in [0.4, 0.5) is 4.39 Å². The Morgan fingerprint density at radius 1 is 1.43 bits per heavy atom. The third kappa shape index (κ3) is 1.71. The van der Waals surface area contributed by atoms with Gasteiger partial charge in [0.05, 0.1) is 10.6 Å². The second-order valence-electron chi connectivity index (χ2n) is 3.67. The molecule has 1 aromatic rings. The van der Waals surface area contributed by atoms with E-state index in [0.29, 0.717) is 16.5 Å². The number of hydrogen-bond acceptors (Lipinski definition) is 1. The Balaban J connectivity index is 2.14. The van der Waals surface area contributed by atoms with Gasteiger partial charge in [-0.3, -0.25) is 0 Å². The average molecular weight is 259 g/mol. The summed E-state index contributed by atoms with van der Waals surface area (Å²) in [5.41, 5.74) is 0.813. The second kappa shape index (κ2) is 3.99. The molecule has 1 aliphatic carbocycles. The lowest BCUT2D eigenvalue weighted by Gasteiger charge is -2.34. The van der Waals surface area contributed by atoms with E-state index >= 15 is 0 Å². The van der Waals surface area contributed by atoms with Crippen LogP contribution in [0.15, 0.2) is 22.7 Å². The summed E-state index contributed by atoms with van der Waals surface area (Å²) < 4.78 is 19.3. The predicted molar refractivity (Wildman–Crippen MR) is 56.9 cm³/mol. The Morgan fingerprint density at radius 2 is 2.14 bits per heavy atom. The van der Waals surface area contributed by atoms with Crippen LogP contribution in [0.5, 0.6) is 0 Å². The molecule has 0 aromatic heterocycles. The third-order valence-corrected chi connectivity index (χ3v) is 3.46. The summed E-state index contributed by atoms with van der Waals surface area (Å²) in [7, 11) is 1.71. The zero-order valence-corrected chi connectivity index (χ0v) is 9.55. The van der Waals surface area contributed by atoms with E-state index in [2.05, 4.69) is 15.9 Å². The summed E-state index contributed by atoms with van der Waals surface area (Å²) in [6.07, 6.45) is 2.19. The molecule has 0 saturated heterocycles. The van der Waals surface area contributed by atoms with Crippen molar-refractivity contribution in [1.29, 1.82) is 0 Å². The number of hydrogen-bond donors (Lipinski definition) is 0. The topological polar surface area (TPSA) is 9.23 Å². The van der Waals surface area contributed by atoms with Gasteiger partial charge in [0.25, 0.3) is 0 Å². The predicted octanol–water partition coefficient (Wildman–Crippen LogP) is 3.48. The first-order valence-electron chi connectivity index (χ1n) is 4.69. The molecule has 1 saturated carbocycles. The van der Waals surface area contributed by atoms with Gasteiger partial charge in [0, 0.05) is 7.11 Å². The molecule has 1 aliphatic rings. The van der Waals surface area contributed by atoms with Crippen LogP contribution >= 0.6 is 15.9 Å². The van der Waals surface area contributed by atoms with Gasteiger partial charge in [-0.05, 0) is 46.3 Å². The number of ether oxygens (including phenoxy) is 1. The summed E-state index contributed by atoms with van der Waals surface area (Å²) in [5.74, 6) is 0.213. The lowest BCUT2D eigenvalue weighted by molar-refractivity contribution is 0.0249. The van der Waals surface area contributed by atoms with Crippen LogP contribution in [0.1, 0.15) is 24.3 Å². The lowest BCUT2D eigenvalue weighted by Crippen LogP contribution is -2.29. The van der Waals surface area contributed by atoms with Crippen LogP contribution in [0.2, 0.25) is 0 Å². The maximum atomic E-state index is 13.6. The van der Waals surface area contributed by atoms with Crippen LogP contribution in [-0.4, -0.2) is 13.2 Å². The van der Waals surface area contributed by atoms with Crippen LogP contribution in [0, 0.1) is 5.82 Å². The summed E-state index contributed by atoms with van der Waals surface area (Å²) in [5, 5.41) is 0. The zero-order chi connectivity index (χ0) is 10.1. The molecule has 1 aromatic carbocycles. The maximum absolute atomic E-state index is 13.6. The van der Waals surface area contributed by atoms with Crippen molar-refractivity contribution in [3.05, 3.63) is 34.1 Å². The molecule has 0 heterocycles. The molecule has 3 heteroatoms. The minimum atomic E-state index is -0.118. The first kappa shape index (κ1) is 10.1. The molecule has 0 spiro atoms. The van der Waals surface area contributed by atoms with Gasteiger partial charge in [-0.1, -0.05) is 12.1 Å². The Morgan fingerprint density at radius 3 is 2.79 bits per heavy atom. The van der Waals surface area contributed by atoms with Crippen LogP contribution < -0.4 is 0 Å². The fourth-order valence-corrected chi connectivity index (χ4v) is 2.23. The number of halogens is 2. The number of benzene rings is 1. The van der Waals surface area contributed by atoms with Crippen LogP contribution in [-0.2, 0) is 4.74 Å². The molecule has 0 bridgehead atoms. The highest BCUT2D eigenvalue weighted by atomic mass is 79.9. The van der Waals surface area contributed by atoms with E-state index in [-0.39, 0.29) is 5.82 Å². The molecule has 76 valence electrons. The Kier molecular flexibility index (Phi) is 2.88. The summed E-state index contributed by atoms with van der Waals surface area (Å²) in [6, 6.07) is 5.46. The highest BCUT2D eigenvalue weighted by Crippen LogP contribution is 2.40. The molecule has 0 radical (unpaired) electrons. The molecule has 0 unspecified atom stereocenters. The van der Waals surface area contributed by atoms with Crippen molar-refractivity contribution >= 4 is 15.9 Å². The zero-order valence-electron chi connectivity index (χ0n) is 7.97. The van der Waals surface area contributed by atoms with E-state index in [1.54, 1.807) is 13.2 Å². The van der Waals surface area contributed by atoms with Gasteiger partial charge in [-0.2, -0.15) is 0 Å². The van der Waals surface area contributed by atoms with Gasteiger partial charge in [0.15, 0.2) is 0 Å². The molecule has 0 N–H and O–H groups in total. The van der Waals surface area contributed by atoms with Gasteiger partial charge in [0.1, 0.15) is 5.82 Å². The van der Waals surface area contributed by atoms with Crippen molar-refractivity contribution in [2.75, 3.05) is 7.11 Å².